The molecule has 1 aliphatic heterocycles. The van der Waals surface area contributed by atoms with Crippen molar-refractivity contribution in [2.75, 3.05) is 13.6 Å². The summed E-state index contributed by atoms with van der Waals surface area (Å²) in [4.78, 5) is 13.2. The van der Waals surface area contributed by atoms with Crippen LogP contribution in [-0.2, 0) is 4.79 Å². The van der Waals surface area contributed by atoms with Crippen molar-refractivity contribution in [1.29, 1.82) is 0 Å². The maximum atomic E-state index is 11.3. The van der Waals surface area contributed by atoms with E-state index in [0.29, 0.717) is 12.3 Å². The van der Waals surface area contributed by atoms with Crippen LogP contribution in [0.25, 0.3) is 0 Å². The standard InChI is InChI=1S/C12H14BrNO/c1-14-8-10(4-7-12(14)15)9-2-5-11(13)6-3-9/h2-3,5-6,10H,4,7-8H2,1H3. The fourth-order valence-corrected chi connectivity index (χ4v) is 2.28. The van der Waals surface area contributed by atoms with Gasteiger partial charge in [-0.15, -0.1) is 0 Å². The normalized spacial score (nSPS) is 21.9. The number of piperidine rings is 1. The number of carbonyl (C=O) groups is 1. The van der Waals surface area contributed by atoms with Crippen molar-refractivity contribution in [2.24, 2.45) is 0 Å². The fraction of sp³-hybridized carbons (Fsp3) is 0.417. The molecule has 0 aliphatic carbocycles. The number of amides is 1. The van der Waals surface area contributed by atoms with Gasteiger partial charge in [0, 0.05) is 30.4 Å². The van der Waals surface area contributed by atoms with Gasteiger partial charge in [-0.05, 0) is 24.1 Å². The zero-order valence-electron chi connectivity index (χ0n) is 8.74. The summed E-state index contributed by atoms with van der Waals surface area (Å²) < 4.78 is 1.10. The molecule has 0 spiro atoms. The number of likely N-dealkylation sites (tertiary alicyclic amines) is 1. The van der Waals surface area contributed by atoms with Gasteiger partial charge in [0.05, 0.1) is 0 Å². The second-order valence-electron chi connectivity index (χ2n) is 4.06. The molecule has 1 unspecified atom stereocenters. The van der Waals surface area contributed by atoms with E-state index in [-0.39, 0.29) is 5.91 Å². The minimum atomic E-state index is 0.267. The zero-order valence-corrected chi connectivity index (χ0v) is 10.3. The van der Waals surface area contributed by atoms with Crippen LogP contribution in [0, 0.1) is 0 Å². The number of likely N-dealkylation sites (N-methyl/N-ethyl adjacent to an activating group) is 1. The van der Waals surface area contributed by atoms with Crippen molar-refractivity contribution in [3.63, 3.8) is 0 Å². The van der Waals surface area contributed by atoms with Gasteiger partial charge in [-0.25, -0.2) is 0 Å². The van der Waals surface area contributed by atoms with E-state index in [1.165, 1.54) is 5.56 Å². The third kappa shape index (κ3) is 2.40. The lowest BCUT2D eigenvalue weighted by Gasteiger charge is -2.29. The molecule has 0 aromatic heterocycles. The van der Waals surface area contributed by atoms with Crippen LogP contribution in [0.5, 0.6) is 0 Å². The molecule has 1 amide bonds. The van der Waals surface area contributed by atoms with Crippen molar-refractivity contribution in [1.82, 2.24) is 4.90 Å². The molecule has 0 radical (unpaired) electrons. The number of carbonyl (C=O) groups excluding carboxylic acids is 1. The lowest BCUT2D eigenvalue weighted by Crippen LogP contribution is -2.35. The summed E-state index contributed by atoms with van der Waals surface area (Å²) in [6.45, 7) is 0.848. The molecular weight excluding hydrogens is 254 g/mol. The summed E-state index contributed by atoms with van der Waals surface area (Å²) in [6, 6.07) is 8.40. The third-order valence-corrected chi connectivity index (χ3v) is 3.50. The molecule has 0 N–H and O–H groups in total. The number of hydrogen-bond acceptors (Lipinski definition) is 1. The van der Waals surface area contributed by atoms with E-state index in [2.05, 4.69) is 40.2 Å². The predicted molar refractivity (Wildman–Crippen MR) is 63.8 cm³/mol. The highest BCUT2D eigenvalue weighted by atomic mass is 79.9. The quantitative estimate of drug-likeness (QED) is 0.767. The first-order valence-electron chi connectivity index (χ1n) is 5.16. The molecule has 0 bridgehead atoms. The van der Waals surface area contributed by atoms with Crippen molar-refractivity contribution in [3.8, 4) is 0 Å². The SMILES string of the molecule is CN1CC(c2ccc(Br)cc2)CCC1=O. The van der Waals surface area contributed by atoms with Gasteiger partial charge in [0.25, 0.3) is 0 Å². The lowest BCUT2D eigenvalue weighted by atomic mass is 9.91. The predicted octanol–water partition coefficient (Wildman–Crippen LogP) is 2.78. The Morgan fingerprint density at radius 1 is 1.33 bits per heavy atom. The third-order valence-electron chi connectivity index (χ3n) is 2.97. The van der Waals surface area contributed by atoms with Crippen LogP contribution < -0.4 is 0 Å². The van der Waals surface area contributed by atoms with Gasteiger partial charge in [-0.1, -0.05) is 28.1 Å². The second kappa shape index (κ2) is 4.35. The second-order valence-corrected chi connectivity index (χ2v) is 4.98. The summed E-state index contributed by atoms with van der Waals surface area (Å²) in [6.07, 6.45) is 1.65. The van der Waals surface area contributed by atoms with E-state index in [9.17, 15) is 4.79 Å². The average Bonchev–Trinajstić information content (AvgIpc) is 2.23. The minimum absolute atomic E-state index is 0.267. The van der Waals surface area contributed by atoms with Gasteiger partial charge in [0.15, 0.2) is 0 Å². The first-order valence-corrected chi connectivity index (χ1v) is 5.95. The molecule has 1 saturated heterocycles. The fourth-order valence-electron chi connectivity index (χ4n) is 2.02. The van der Waals surface area contributed by atoms with Crippen molar-refractivity contribution in [3.05, 3.63) is 34.3 Å². The number of benzene rings is 1. The van der Waals surface area contributed by atoms with Gasteiger partial charge in [-0.3, -0.25) is 4.79 Å². The molecule has 1 aromatic rings. The Bertz CT molecular complexity index is 360. The number of halogens is 1. The highest BCUT2D eigenvalue weighted by Crippen LogP contribution is 2.27. The summed E-state index contributed by atoms with van der Waals surface area (Å²) in [5.74, 6) is 0.768. The molecule has 2 nitrogen and oxygen atoms in total. The first-order chi connectivity index (χ1) is 7.16. The average molecular weight is 268 g/mol. The molecule has 15 heavy (non-hydrogen) atoms. The van der Waals surface area contributed by atoms with Gasteiger partial charge >= 0.3 is 0 Å². The molecule has 80 valence electrons. The van der Waals surface area contributed by atoms with Crippen molar-refractivity contribution < 1.29 is 4.79 Å². The number of hydrogen-bond donors (Lipinski definition) is 0. The van der Waals surface area contributed by atoms with Crippen LogP contribution >= 0.6 is 15.9 Å². The number of rotatable bonds is 1. The summed E-state index contributed by atoms with van der Waals surface area (Å²) in [5, 5.41) is 0. The summed E-state index contributed by atoms with van der Waals surface area (Å²) in [5.41, 5.74) is 1.33. The lowest BCUT2D eigenvalue weighted by molar-refractivity contribution is -0.132. The van der Waals surface area contributed by atoms with E-state index in [1.54, 1.807) is 0 Å². The van der Waals surface area contributed by atoms with Gasteiger partial charge < -0.3 is 4.90 Å². The summed E-state index contributed by atoms with van der Waals surface area (Å²) >= 11 is 3.43. The van der Waals surface area contributed by atoms with Crippen molar-refractivity contribution >= 4 is 21.8 Å². The van der Waals surface area contributed by atoms with Gasteiger partial charge in [0.1, 0.15) is 0 Å². The maximum Gasteiger partial charge on any atom is 0.222 e. The summed E-state index contributed by atoms with van der Waals surface area (Å²) in [7, 11) is 1.88. The van der Waals surface area contributed by atoms with Crippen LogP contribution in [0.15, 0.2) is 28.7 Å². The minimum Gasteiger partial charge on any atom is -0.345 e. The molecule has 3 heteroatoms. The Balaban J connectivity index is 2.12. The molecule has 1 heterocycles. The molecule has 1 aromatic carbocycles. The highest BCUT2D eigenvalue weighted by Gasteiger charge is 2.23. The Morgan fingerprint density at radius 3 is 2.60 bits per heavy atom. The molecule has 1 aliphatic rings. The van der Waals surface area contributed by atoms with Gasteiger partial charge in [0.2, 0.25) is 5.91 Å². The zero-order chi connectivity index (χ0) is 10.8. The van der Waals surface area contributed by atoms with E-state index < -0.39 is 0 Å². The highest BCUT2D eigenvalue weighted by molar-refractivity contribution is 9.10. The smallest absolute Gasteiger partial charge is 0.222 e. The van der Waals surface area contributed by atoms with Crippen molar-refractivity contribution in [2.45, 2.75) is 18.8 Å². The Morgan fingerprint density at radius 2 is 2.00 bits per heavy atom. The topological polar surface area (TPSA) is 20.3 Å². The van der Waals surface area contributed by atoms with E-state index in [0.717, 1.165) is 17.4 Å². The Hall–Kier alpha value is -0.830. The van der Waals surface area contributed by atoms with Gasteiger partial charge in [-0.2, -0.15) is 0 Å². The molecule has 2 rings (SSSR count). The molecule has 1 fully saturated rings. The molecule has 1 atom stereocenters. The van der Waals surface area contributed by atoms with Crippen LogP contribution in [0.2, 0.25) is 0 Å². The van der Waals surface area contributed by atoms with Crippen LogP contribution in [-0.4, -0.2) is 24.4 Å². The largest absolute Gasteiger partial charge is 0.345 e. The van der Waals surface area contributed by atoms with E-state index >= 15 is 0 Å². The van der Waals surface area contributed by atoms with Crippen LogP contribution in [0.3, 0.4) is 0 Å². The van der Waals surface area contributed by atoms with Crippen LogP contribution in [0.4, 0.5) is 0 Å². The van der Waals surface area contributed by atoms with E-state index in [4.69, 9.17) is 0 Å². The van der Waals surface area contributed by atoms with Crippen LogP contribution in [0.1, 0.15) is 24.3 Å². The molecular formula is C12H14BrNO. The number of nitrogens with zero attached hydrogens (tertiary/aromatic N) is 1. The maximum absolute atomic E-state index is 11.3. The molecule has 0 saturated carbocycles. The Labute approximate surface area is 98.4 Å². The first kappa shape index (κ1) is 10.7. The monoisotopic (exact) mass is 267 g/mol. The van der Waals surface area contributed by atoms with E-state index in [1.807, 2.05) is 11.9 Å². The Kier molecular flexibility index (Phi) is 3.10.